The zero-order valence-corrected chi connectivity index (χ0v) is 14.2. The zero-order valence-electron chi connectivity index (χ0n) is 13.4. The Morgan fingerprint density at radius 3 is 2.57 bits per heavy atom. The highest BCUT2D eigenvalue weighted by Gasteiger charge is 2.43. The summed E-state index contributed by atoms with van der Waals surface area (Å²) in [5, 5.41) is 5.11. The molecule has 1 saturated carbocycles. The Morgan fingerprint density at radius 2 is 1.96 bits per heavy atom. The first-order valence-electron chi connectivity index (χ1n) is 7.77. The van der Waals surface area contributed by atoms with Gasteiger partial charge >= 0.3 is 0 Å². The average molecular weight is 331 g/mol. The Balaban J connectivity index is 1.88. The van der Waals surface area contributed by atoms with Gasteiger partial charge in [0.25, 0.3) is 0 Å². The summed E-state index contributed by atoms with van der Waals surface area (Å²) in [6, 6.07) is 9.52. The fraction of sp³-hybridized carbons (Fsp3) is 0.389. The Morgan fingerprint density at radius 1 is 1.17 bits per heavy atom. The van der Waals surface area contributed by atoms with E-state index < -0.39 is 5.41 Å². The molecule has 0 bridgehead atoms. The molecule has 3 rings (SSSR count). The molecule has 0 spiro atoms. The van der Waals surface area contributed by atoms with Crippen molar-refractivity contribution in [3.05, 3.63) is 40.6 Å². The molecule has 0 unspecified atom stereocenters. The Hall–Kier alpha value is -2.01. The third-order valence-corrected chi connectivity index (χ3v) is 5.62. The van der Waals surface area contributed by atoms with E-state index in [2.05, 4.69) is 11.4 Å². The van der Waals surface area contributed by atoms with Gasteiger partial charge in [-0.05, 0) is 36.4 Å². The minimum absolute atomic E-state index is 0.0564. The van der Waals surface area contributed by atoms with Crippen LogP contribution in [0.25, 0.3) is 0 Å². The predicted octanol–water partition coefficient (Wildman–Crippen LogP) is 4.22. The maximum Gasteiger partial charge on any atom is 0.235 e. The second kappa shape index (κ2) is 6.62. The summed E-state index contributed by atoms with van der Waals surface area (Å²) in [7, 11) is 3.20. The van der Waals surface area contributed by atoms with Crippen LogP contribution in [0.2, 0.25) is 0 Å². The highest BCUT2D eigenvalue weighted by atomic mass is 32.1. The van der Waals surface area contributed by atoms with E-state index >= 15 is 0 Å². The van der Waals surface area contributed by atoms with Crippen LogP contribution in [0.3, 0.4) is 0 Å². The lowest BCUT2D eigenvalue weighted by atomic mass is 9.83. The van der Waals surface area contributed by atoms with Gasteiger partial charge in [-0.2, -0.15) is 0 Å². The second-order valence-electron chi connectivity index (χ2n) is 5.79. The molecule has 23 heavy (non-hydrogen) atoms. The van der Waals surface area contributed by atoms with Crippen molar-refractivity contribution in [3.63, 3.8) is 0 Å². The summed E-state index contributed by atoms with van der Waals surface area (Å²) >= 11 is 1.66. The van der Waals surface area contributed by atoms with Crippen molar-refractivity contribution in [2.45, 2.75) is 31.1 Å². The van der Waals surface area contributed by atoms with Gasteiger partial charge in [0, 0.05) is 10.9 Å². The number of nitrogens with one attached hydrogen (secondary N) is 1. The Labute approximate surface area is 140 Å². The number of methoxy groups -OCH3 is 2. The van der Waals surface area contributed by atoms with Gasteiger partial charge in [0.05, 0.1) is 25.3 Å². The smallest absolute Gasteiger partial charge is 0.235 e. The molecule has 1 N–H and O–H groups in total. The van der Waals surface area contributed by atoms with E-state index in [0.29, 0.717) is 17.2 Å². The summed E-state index contributed by atoms with van der Waals surface area (Å²) in [5.74, 6) is 1.37. The van der Waals surface area contributed by atoms with Crippen molar-refractivity contribution in [2.24, 2.45) is 0 Å². The molecule has 1 fully saturated rings. The topological polar surface area (TPSA) is 47.6 Å². The van der Waals surface area contributed by atoms with Crippen molar-refractivity contribution < 1.29 is 14.3 Å². The fourth-order valence-electron chi connectivity index (χ4n) is 3.26. The molecule has 0 atom stereocenters. The monoisotopic (exact) mass is 331 g/mol. The normalized spacial score (nSPS) is 16.1. The lowest BCUT2D eigenvalue weighted by Gasteiger charge is -2.27. The molecule has 5 heteroatoms. The second-order valence-corrected chi connectivity index (χ2v) is 6.73. The first kappa shape index (κ1) is 15.9. The van der Waals surface area contributed by atoms with Gasteiger partial charge in [0.1, 0.15) is 11.5 Å². The molecule has 0 radical (unpaired) electrons. The van der Waals surface area contributed by atoms with E-state index in [4.69, 9.17) is 9.47 Å². The number of carbonyl (C=O) groups excluding carboxylic acids is 1. The summed E-state index contributed by atoms with van der Waals surface area (Å²) in [4.78, 5) is 14.2. The van der Waals surface area contributed by atoms with Gasteiger partial charge in [-0.15, -0.1) is 11.3 Å². The van der Waals surface area contributed by atoms with E-state index in [1.165, 1.54) is 0 Å². The summed E-state index contributed by atoms with van der Waals surface area (Å²) in [5.41, 5.74) is 0.278. The standard InChI is InChI=1S/C18H21NO3S/c1-21-13-7-8-14(15(12-13)22-2)19-17(20)18(9-3-4-10-18)16-6-5-11-23-16/h5-8,11-12H,3-4,9-10H2,1-2H3,(H,19,20). The van der Waals surface area contributed by atoms with Crippen LogP contribution < -0.4 is 14.8 Å². The first-order valence-corrected chi connectivity index (χ1v) is 8.65. The summed E-state index contributed by atoms with van der Waals surface area (Å²) in [6.07, 6.45) is 3.98. The van der Waals surface area contributed by atoms with Crippen molar-refractivity contribution in [1.29, 1.82) is 0 Å². The maximum absolute atomic E-state index is 13.1. The van der Waals surface area contributed by atoms with Gasteiger partial charge in [0.15, 0.2) is 0 Å². The molecule has 1 amide bonds. The molecule has 0 saturated heterocycles. The van der Waals surface area contributed by atoms with Gasteiger partial charge in [-0.25, -0.2) is 0 Å². The lowest BCUT2D eigenvalue weighted by Crippen LogP contribution is -2.37. The van der Waals surface area contributed by atoms with E-state index in [9.17, 15) is 4.79 Å². The van der Waals surface area contributed by atoms with Gasteiger partial charge in [-0.1, -0.05) is 18.9 Å². The van der Waals surface area contributed by atoms with Crippen LogP contribution in [0, 0.1) is 0 Å². The highest BCUT2D eigenvalue weighted by molar-refractivity contribution is 7.10. The predicted molar refractivity (Wildman–Crippen MR) is 92.6 cm³/mol. The van der Waals surface area contributed by atoms with Crippen LogP contribution in [-0.4, -0.2) is 20.1 Å². The first-order chi connectivity index (χ1) is 11.2. The number of hydrogen-bond donors (Lipinski definition) is 1. The molecular formula is C18H21NO3S. The number of anilines is 1. The minimum atomic E-state index is -0.404. The molecule has 4 nitrogen and oxygen atoms in total. The van der Waals surface area contributed by atoms with Crippen LogP contribution in [0.1, 0.15) is 30.6 Å². The van der Waals surface area contributed by atoms with E-state index in [1.54, 1.807) is 31.6 Å². The summed E-state index contributed by atoms with van der Waals surface area (Å²) < 4.78 is 10.6. The van der Waals surface area contributed by atoms with Crippen LogP contribution in [0.15, 0.2) is 35.7 Å². The zero-order chi connectivity index (χ0) is 16.3. The average Bonchev–Trinajstić information content (AvgIpc) is 3.26. The molecule has 1 aliphatic rings. The number of amides is 1. The largest absolute Gasteiger partial charge is 0.497 e. The number of thiophene rings is 1. The van der Waals surface area contributed by atoms with Gasteiger partial charge in [-0.3, -0.25) is 4.79 Å². The van der Waals surface area contributed by atoms with Gasteiger partial charge < -0.3 is 14.8 Å². The number of ether oxygens (including phenoxy) is 2. The van der Waals surface area contributed by atoms with Crippen LogP contribution >= 0.6 is 11.3 Å². The van der Waals surface area contributed by atoms with Crippen molar-refractivity contribution >= 4 is 22.9 Å². The number of hydrogen-bond acceptors (Lipinski definition) is 4. The molecule has 1 aromatic carbocycles. The van der Waals surface area contributed by atoms with Crippen LogP contribution in [0.4, 0.5) is 5.69 Å². The number of carbonyl (C=O) groups is 1. The third kappa shape index (κ3) is 2.93. The Bertz CT molecular complexity index is 676. The molecule has 1 aliphatic carbocycles. The third-order valence-electron chi connectivity index (χ3n) is 4.54. The molecule has 1 aromatic heterocycles. The fourth-order valence-corrected chi connectivity index (χ4v) is 4.24. The minimum Gasteiger partial charge on any atom is -0.497 e. The Kier molecular flexibility index (Phi) is 4.57. The molecular weight excluding hydrogens is 310 g/mol. The van der Waals surface area contributed by atoms with E-state index in [0.717, 1.165) is 30.6 Å². The van der Waals surface area contributed by atoms with Crippen molar-refractivity contribution in [3.8, 4) is 11.5 Å². The quantitative estimate of drug-likeness (QED) is 0.892. The highest BCUT2D eigenvalue weighted by Crippen LogP contribution is 2.44. The number of benzene rings is 1. The van der Waals surface area contributed by atoms with E-state index in [1.807, 2.05) is 23.6 Å². The molecule has 0 aliphatic heterocycles. The van der Waals surface area contributed by atoms with Gasteiger partial charge in [0.2, 0.25) is 5.91 Å². The van der Waals surface area contributed by atoms with E-state index in [-0.39, 0.29) is 5.91 Å². The van der Waals surface area contributed by atoms with Crippen molar-refractivity contribution in [2.75, 3.05) is 19.5 Å². The van der Waals surface area contributed by atoms with Crippen LogP contribution in [-0.2, 0) is 10.2 Å². The summed E-state index contributed by atoms with van der Waals surface area (Å²) in [6.45, 7) is 0. The molecule has 122 valence electrons. The SMILES string of the molecule is COc1ccc(NC(=O)C2(c3cccs3)CCCC2)c(OC)c1. The van der Waals surface area contributed by atoms with Crippen LogP contribution in [0.5, 0.6) is 11.5 Å². The lowest BCUT2D eigenvalue weighted by molar-refractivity contribution is -0.121. The molecule has 1 heterocycles. The maximum atomic E-state index is 13.1. The molecule has 2 aromatic rings. The number of rotatable bonds is 5. The van der Waals surface area contributed by atoms with Crippen molar-refractivity contribution in [1.82, 2.24) is 0 Å².